The summed E-state index contributed by atoms with van der Waals surface area (Å²) in [5.74, 6) is -0.976. The SMILES string of the molecule is CCOC(=O)N1CCN(/C=C(/C#N)C(=O)Nc2ccc(F)cc2)CC1. The molecule has 7 nitrogen and oxygen atoms in total. The van der Waals surface area contributed by atoms with E-state index < -0.39 is 11.7 Å². The lowest BCUT2D eigenvalue weighted by atomic mass is 10.2. The highest BCUT2D eigenvalue weighted by molar-refractivity contribution is 6.06. The van der Waals surface area contributed by atoms with E-state index in [1.165, 1.54) is 30.5 Å². The van der Waals surface area contributed by atoms with E-state index >= 15 is 0 Å². The largest absolute Gasteiger partial charge is 0.450 e. The number of piperazine rings is 1. The number of hydrogen-bond acceptors (Lipinski definition) is 5. The number of benzene rings is 1. The number of nitriles is 1. The van der Waals surface area contributed by atoms with E-state index in [2.05, 4.69) is 5.32 Å². The molecule has 0 aromatic heterocycles. The molecule has 1 aliphatic rings. The Morgan fingerprint density at radius 2 is 1.92 bits per heavy atom. The molecule has 0 saturated carbocycles. The fraction of sp³-hybridized carbons (Fsp3) is 0.353. The van der Waals surface area contributed by atoms with Gasteiger partial charge in [-0.3, -0.25) is 4.79 Å². The minimum absolute atomic E-state index is 0.0612. The van der Waals surface area contributed by atoms with Crippen molar-refractivity contribution >= 4 is 17.7 Å². The van der Waals surface area contributed by atoms with Gasteiger partial charge in [-0.15, -0.1) is 0 Å². The predicted octanol–water partition coefficient (Wildman–Crippen LogP) is 1.95. The Bertz CT molecular complexity index is 689. The molecule has 1 N–H and O–H groups in total. The van der Waals surface area contributed by atoms with Crippen LogP contribution in [0.5, 0.6) is 0 Å². The van der Waals surface area contributed by atoms with Crippen molar-refractivity contribution in [1.82, 2.24) is 9.80 Å². The summed E-state index contributed by atoms with van der Waals surface area (Å²) in [6.07, 6.45) is 1.11. The lowest BCUT2D eigenvalue weighted by Crippen LogP contribution is -2.47. The maximum absolute atomic E-state index is 12.9. The second-order valence-electron chi connectivity index (χ2n) is 5.34. The van der Waals surface area contributed by atoms with Crippen molar-refractivity contribution in [1.29, 1.82) is 5.26 Å². The summed E-state index contributed by atoms with van der Waals surface area (Å²) in [5.41, 5.74) is 0.341. The molecule has 2 rings (SSSR count). The minimum Gasteiger partial charge on any atom is -0.450 e. The number of rotatable bonds is 4. The highest BCUT2D eigenvalue weighted by Gasteiger charge is 2.21. The van der Waals surface area contributed by atoms with E-state index in [0.717, 1.165) is 0 Å². The lowest BCUT2D eigenvalue weighted by molar-refractivity contribution is -0.112. The molecule has 0 spiro atoms. The van der Waals surface area contributed by atoms with Crippen molar-refractivity contribution in [2.45, 2.75) is 6.92 Å². The average molecular weight is 346 g/mol. The van der Waals surface area contributed by atoms with Gasteiger partial charge in [0, 0.05) is 38.1 Å². The zero-order chi connectivity index (χ0) is 18.2. The van der Waals surface area contributed by atoms with Crippen molar-refractivity contribution in [2.75, 3.05) is 38.1 Å². The molecular formula is C17H19FN4O3. The molecule has 8 heteroatoms. The van der Waals surface area contributed by atoms with Crippen molar-refractivity contribution < 1.29 is 18.7 Å². The lowest BCUT2D eigenvalue weighted by Gasteiger charge is -2.33. The quantitative estimate of drug-likeness (QED) is 0.665. The van der Waals surface area contributed by atoms with Crippen molar-refractivity contribution in [3.8, 4) is 6.07 Å². The predicted molar refractivity (Wildman–Crippen MR) is 88.9 cm³/mol. The van der Waals surface area contributed by atoms with Crippen LogP contribution in [-0.4, -0.2) is 54.6 Å². The zero-order valence-corrected chi connectivity index (χ0v) is 13.9. The van der Waals surface area contributed by atoms with Crippen LogP contribution >= 0.6 is 0 Å². The molecular weight excluding hydrogens is 327 g/mol. The number of carbonyl (C=O) groups excluding carboxylic acids is 2. The third-order valence-corrected chi connectivity index (χ3v) is 3.62. The summed E-state index contributed by atoms with van der Waals surface area (Å²) in [5, 5.41) is 11.8. The fourth-order valence-corrected chi connectivity index (χ4v) is 2.30. The maximum Gasteiger partial charge on any atom is 0.409 e. The Hall–Kier alpha value is -3.08. The van der Waals surface area contributed by atoms with Gasteiger partial charge in [-0.25, -0.2) is 9.18 Å². The standard InChI is InChI=1S/C17H19FN4O3/c1-2-25-17(24)22-9-7-21(8-10-22)12-13(11-19)16(23)20-15-5-3-14(18)4-6-15/h3-6,12H,2,7-10H2,1H3,(H,20,23)/b13-12-. The molecule has 1 fully saturated rings. The zero-order valence-electron chi connectivity index (χ0n) is 13.9. The van der Waals surface area contributed by atoms with E-state index in [4.69, 9.17) is 4.74 Å². The number of amides is 2. The van der Waals surface area contributed by atoms with Gasteiger partial charge in [0.2, 0.25) is 0 Å². The maximum atomic E-state index is 12.9. The number of ether oxygens (including phenoxy) is 1. The molecule has 1 saturated heterocycles. The van der Waals surface area contributed by atoms with Crippen LogP contribution < -0.4 is 5.32 Å². The van der Waals surface area contributed by atoms with E-state index in [-0.39, 0.29) is 11.7 Å². The fourth-order valence-electron chi connectivity index (χ4n) is 2.30. The highest BCUT2D eigenvalue weighted by atomic mass is 19.1. The molecule has 0 aliphatic carbocycles. The summed E-state index contributed by atoms with van der Waals surface area (Å²) < 4.78 is 17.8. The number of halogens is 1. The topological polar surface area (TPSA) is 85.7 Å². The highest BCUT2D eigenvalue weighted by Crippen LogP contribution is 2.11. The first-order valence-electron chi connectivity index (χ1n) is 7.88. The molecule has 132 valence electrons. The van der Waals surface area contributed by atoms with Crippen LogP contribution in [0, 0.1) is 17.1 Å². The molecule has 1 aromatic carbocycles. The Labute approximate surface area is 145 Å². The smallest absolute Gasteiger partial charge is 0.409 e. The number of hydrogen-bond donors (Lipinski definition) is 1. The first-order valence-corrected chi connectivity index (χ1v) is 7.88. The van der Waals surface area contributed by atoms with Crippen LogP contribution in [0.2, 0.25) is 0 Å². The average Bonchev–Trinajstić information content (AvgIpc) is 2.62. The van der Waals surface area contributed by atoms with Gasteiger partial charge >= 0.3 is 6.09 Å². The molecule has 0 atom stereocenters. The normalized spacial score (nSPS) is 14.7. The van der Waals surface area contributed by atoms with E-state index in [0.29, 0.717) is 38.5 Å². The molecule has 0 unspecified atom stereocenters. The summed E-state index contributed by atoms with van der Waals surface area (Å²) in [7, 11) is 0. The van der Waals surface area contributed by atoms with Gasteiger partial charge in [0.05, 0.1) is 6.61 Å². The van der Waals surface area contributed by atoms with Crippen molar-refractivity contribution in [3.63, 3.8) is 0 Å². The van der Waals surface area contributed by atoms with E-state index in [9.17, 15) is 19.2 Å². The third kappa shape index (κ3) is 5.21. The van der Waals surface area contributed by atoms with Crippen LogP contribution in [0.3, 0.4) is 0 Å². The third-order valence-electron chi connectivity index (χ3n) is 3.62. The second-order valence-corrected chi connectivity index (χ2v) is 5.34. The molecule has 0 bridgehead atoms. The van der Waals surface area contributed by atoms with Crippen LogP contribution in [0.4, 0.5) is 14.9 Å². The molecule has 25 heavy (non-hydrogen) atoms. The molecule has 1 aliphatic heterocycles. The Morgan fingerprint density at radius 1 is 1.28 bits per heavy atom. The Kier molecular flexibility index (Phi) is 6.34. The van der Waals surface area contributed by atoms with Crippen molar-refractivity contribution in [3.05, 3.63) is 41.9 Å². The van der Waals surface area contributed by atoms with E-state index in [1.807, 2.05) is 6.07 Å². The first-order chi connectivity index (χ1) is 12.0. The van der Waals surface area contributed by atoms with Crippen LogP contribution in [0.15, 0.2) is 36.0 Å². The molecule has 1 aromatic rings. The van der Waals surface area contributed by atoms with E-state index in [1.54, 1.807) is 16.7 Å². The molecule has 1 heterocycles. The van der Waals surface area contributed by atoms with Gasteiger partial charge in [0.1, 0.15) is 17.5 Å². The molecule has 2 amide bonds. The van der Waals surface area contributed by atoms with Crippen LogP contribution in [0.1, 0.15) is 6.92 Å². The van der Waals surface area contributed by atoms with Gasteiger partial charge in [-0.05, 0) is 31.2 Å². The summed E-state index contributed by atoms with van der Waals surface area (Å²) in [6.45, 7) is 3.96. The number of nitrogens with zero attached hydrogens (tertiary/aromatic N) is 3. The molecule has 0 radical (unpaired) electrons. The van der Waals surface area contributed by atoms with Gasteiger partial charge in [-0.2, -0.15) is 5.26 Å². The van der Waals surface area contributed by atoms with Crippen LogP contribution in [-0.2, 0) is 9.53 Å². The van der Waals surface area contributed by atoms with Gasteiger partial charge < -0.3 is 19.9 Å². The van der Waals surface area contributed by atoms with Gasteiger partial charge in [0.15, 0.2) is 0 Å². The number of anilines is 1. The van der Waals surface area contributed by atoms with Gasteiger partial charge in [0.25, 0.3) is 5.91 Å². The second kappa shape index (κ2) is 8.68. The summed E-state index contributed by atoms with van der Waals surface area (Å²) >= 11 is 0. The summed E-state index contributed by atoms with van der Waals surface area (Å²) in [4.78, 5) is 27.2. The van der Waals surface area contributed by atoms with Crippen molar-refractivity contribution in [2.24, 2.45) is 0 Å². The summed E-state index contributed by atoms with van der Waals surface area (Å²) in [6, 6.07) is 7.14. The number of carbonyl (C=O) groups is 2. The first kappa shape index (κ1) is 18.3. The number of nitrogens with one attached hydrogen (secondary N) is 1. The Morgan fingerprint density at radius 3 is 2.48 bits per heavy atom. The minimum atomic E-state index is -0.568. The Balaban J connectivity index is 1.94. The monoisotopic (exact) mass is 346 g/mol. The van der Waals surface area contributed by atoms with Gasteiger partial charge in [-0.1, -0.05) is 0 Å². The van der Waals surface area contributed by atoms with Crippen LogP contribution in [0.25, 0.3) is 0 Å².